The third-order valence-electron chi connectivity index (χ3n) is 1.84. The van der Waals surface area contributed by atoms with Crippen molar-refractivity contribution in [2.24, 2.45) is 0 Å². The van der Waals surface area contributed by atoms with E-state index in [2.05, 4.69) is 4.98 Å². The summed E-state index contributed by atoms with van der Waals surface area (Å²) < 4.78 is 36.6. The third-order valence-corrected chi connectivity index (χ3v) is 3.05. The molecule has 0 spiro atoms. The second-order valence-corrected chi connectivity index (χ2v) is 4.25. The molecule has 0 bridgehead atoms. The molecular formula is C10H9F3N2S. The van der Waals surface area contributed by atoms with Crippen LogP contribution in [0.4, 0.5) is 13.2 Å². The highest BCUT2D eigenvalue weighted by atomic mass is 32.2. The number of halogens is 3. The number of hydrogen-bond donors (Lipinski definition) is 0. The minimum absolute atomic E-state index is 0.274. The molecule has 1 aromatic rings. The van der Waals surface area contributed by atoms with E-state index in [0.29, 0.717) is 11.4 Å². The van der Waals surface area contributed by atoms with Crippen molar-refractivity contribution in [3.63, 3.8) is 0 Å². The molecule has 0 saturated heterocycles. The van der Waals surface area contributed by atoms with Crippen LogP contribution in [0.5, 0.6) is 0 Å². The molecule has 0 radical (unpaired) electrons. The Morgan fingerprint density at radius 3 is 2.56 bits per heavy atom. The van der Waals surface area contributed by atoms with Crippen molar-refractivity contribution in [1.82, 2.24) is 4.98 Å². The van der Waals surface area contributed by atoms with E-state index in [1.54, 1.807) is 0 Å². The lowest BCUT2D eigenvalue weighted by atomic mass is 10.3. The van der Waals surface area contributed by atoms with Crippen molar-refractivity contribution in [3.05, 3.63) is 23.9 Å². The summed E-state index contributed by atoms with van der Waals surface area (Å²) >= 11 is 1.17. The number of hydrogen-bond acceptors (Lipinski definition) is 3. The number of rotatable bonds is 3. The predicted octanol–water partition coefficient (Wildman–Crippen LogP) is 3.49. The van der Waals surface area contributed by atoms with Gasteiger partial charge >= 0.3 is 6.18 Å². The first kappa shape index (κ1) is 12.8. The maximum atomic E-state index is 12.2. The van der Waals surface area contributed by atoms with Crippen molar-refractivity contribution in [2.75, 3.05) is 0 Å². The zero-order valence-electron chi connectivity index (χ0n) is 8.45. The highest BCUT2D eigenvalue weighted by molar-refractivity contribution is 8.00. The van der Waals surface area contributed by atoms with Gasteiger partial charge in [0.2, 0.25) is 0 Å². The van der Waals surface area contributed by atoms with Crippen molar-refractivity contribution in [3.8, 4) is 6.07 Å². The van der Waals surface area contributed by atoms with Gasteiger partial charge in [-0.2, -0.15) is 18.4 Å². The SMILES string of the molecule is CCC(C#N)Sc1ccc(C(F)(F)F)cn1. The van der Waals surface area contributed by atoms with Crippen LogP contribution in [0.1, 0.15) is 18.9 Å². The van der Waals surface area contributed by atoms with Crippen molar-refractivity contribution in [1.29, 1.82) is 5.26 Å². The summed E-state index contributed by atoms with van der Waals surface area (Å²) in [6, 6.07) is 4.30. The van der Waals surface area contributed by atoms with E-state index < -0.39 is 11.7 Å². The van der Waals surface area contributed by atoms with Gasteiger partial charge in [-0.15, -0.1) is 0 Å². The van der Waals surface area contributed by atoms with Crippen LogP contribution in [0.15, 0.2) is 23.4 Å². The van der Waals surface area contributed by atoms with Gasteiger partial charge in [0.1, 0.15) is 0 Å². The Balaban J connectivity index is 2.77. The Bertz CT molecular complexity index is 381. The molecule has 1 aromatic heterocycles. The molecule has 0 aromatic carbocycles. The zero-order chi connectivity index (χ0) is 12.2. The van der Waals surface area contributed by atoms with E-state index >= 15 is 0 Å². The molecule has 1 atom stereocenters. The van der Waals surface area contributed by atoms with E-state index in [9.17, 15) is 13.2 Å². The fourth-order valence-corrected chi connectivity index (χ4v) is 1.74. The molecule has 1 rings (SSSR count). The molecule has 1 heterocycles. The molecule has 86 valence electrons. The Kier molecular flexibility index (Phi) is 4.19. The molecule has 0 aliphatic carbocycles. The maximum Gasteiger partial charge on any atom is 0.417 e. The van der Waals surface area contributed by atoms with E-state index in [1.165, 1.54) is 17.8 Å². The molecule has 0 N–H and O–H groups in total. The van der Waals surface area contributed by atoms with Gasteiger partial charge in [-0.25, -0.2) is 4.98 Å². The average Bonchev–Trinajstić information content (AvgIpc) is 2.25. The van der Waals surface area contributed by atoms with E-state index in [0.717, 1.165) is 12.3 Å². The van der Waals surface area contributed by atoms with Gasteiger partial charge in [0.25, 0.3) is 0 Å². The van der Waals surface area contributed by atoms with Crippen LogP contribution in [-0.2, 0) is 6.18 Å². The summed E-state index contributed by atoms with van der Waals surface area (Å²) in [6.45, 7) is 1.84. The summed E-state index contributed by atoms with van der Waals surface area (Å²) in [7, 11) is 0. The van der Waals surface area contributed by atoms with Gasteiger partial charge in [0.05, 0.1) is 21.9 Å². The summed E-state index contributed by atoms with van der Waals surface area (Å²) in [5.74, 6) is 0. The molecule has 16 heavy (non-hydrogen) atoms. The second kappa shape index (κ2) is 5.21. The minimum atomic E-state index is -4.37. The van der Waals surface area contributed by atoms with Crippen LogP contribution in [0, 0.1) is 11.3 Å². The van der Waals surface area contributed by atoms with Crippen molar-refractivity contribution < 1.29 is 13.2 Å². The lowest BCUT2D eigenvalue weighted by Gasteiger charge is -2.08. The molecule has 1 unspecified atom stereocenters. The first-order valence-corrected chi connectivity index (χ1v) is 5.45. The number of nitrogens with zero attached hydrogens (tertiary/aromatic N) is 2. The Morgan fingerprint density at radius 2 is 2.19 bits per heavy atom. The van der Waals surface area contributed by atoms with E-state index in [4.69, 9.17) is 5.26 Å². The standard InChI is InChI=1S/C10H9F3N2S/c1-2-8(5-14)16-9-4-3-7(6-15-9)10(11,12)13/h3-4,6,8H,2H2,1H3. The second-order valence-electron chi connectivity index (χ2n) is 3.03. The van der Waals surface area contributed by atoms with E-state index in [1.807, 2.05) is 13.0 Å². The highest BCUT2D eigenvalue weighted by Crippen LogP contribution is 2.30. The number of pyridine rings is 1. The lowest BCUT2D eigenvalue weighted by molar-refractivity contribution is -0.137. The highest BCUT2D eigenvalue weighted by Gasteiger charge is 2.30. The molecule has 0 aliphatic heterocycles. The topological polar surface area (TPSA) is 36.7 Å². The molecule has 0 fully saturated rings. The average molecular weight is 246 g/mol. The predicted molar refractivity (Wildman–Crippen MR) is 54.8 cm³/mol. The van der Waals surface area contributed by atoms with Crippen LogP contribution in [-0.4, -0.2) is 10.2 Å². The van der Waals surface area contributed by atoms with Crippen LogP contribution < -0.4 is 0 Å². The quantitative estimate of drug-likeness (QED) is 0.766. The Labute approximate surface area is 95.5 Å². The Hall–Kier alpha value is -1.22. The van der Waals surface area contributed by atoms with Gasteiger partial charge in [-0.1, -0.05) is 18.7 Å². The number of alkyl halides is 3. The molecule has 2 nitrogen and oxygen atoms in total. The third kappa shape index (κ3) is 3.42. The normalized spacial score (nSPS) is 13.2. The monoisotopic (exact) mass is 246 g/mol. The van der Waals surface area contributed by atoms with Crippen molar-refractivity contribution >= 4 is 11.8 Å². The van der Waals surface area contributed by atoms with Crippen LogP contribution in [0.3, 0.4) is 0 Å². The van der Waals surface area contributed by atoms with Gasteiger partial charge in [0, 0.05) is 6.20 Å². The Morgan fingerprint density at radius 1 is 1.50 bits per heavy atom. The first-order chi connectivity index (χ1) is 7.47. The first-order valence-electron chi connectivity index (χ1n) is 4.57. The fraction of sp³-hybridized carbons (Fsp3) is 0.400. The molecular weight excluding hydrogens is 237 g/mol. The van der Waals surface area contributed by atoms with E-state index in [-0.39, 0.29) is 5.25 Å². The van der Waals surface area contributed by atoms with Gasteiger partial charge in [0.15, 0.2) is 0 Å². The minimum Gasteiger partial charge on any atom is -0.249 e. The van der Waals surface area contributed by atoms with Crippen LogP contribution in [0.25, 0.3) is 0 Å². The number of aromatic nitrogens is 1. The largest absolute Gasteiger partial charge is 0.417 e. The molecule has 6 heteroatoms. The number of thioether (sulfide) groups is 1. The zero-order valence-corrected chi connectivity index (χ0v) is 9.27. The maximum absolute atomic E-state index is 12.2. The lowest BCUT2D eigenvalue weighted by Crippen LogP contribution is -2.05. The fourth-order valence-electron chi connectivity index (χ4n) is 0.964. The smallest absolute Gasteiger partial charge is 0.249 e. The van der Waals surface area contributed by atoms with Gasteiger partial charge < -0.3 is 0 Å². The summed E-state index contributed by atoms with van der Waals surface area (Å²) in [6.07, 6.45) is -2.95. The van der Waals surface area contributed by atoms with Gasteiger partial charge in [-0.05, 0) is 18.6 Å². The molecule has 0 aliphatic rings. The summed E-state index contributed by atoms with van der Waals surface area (Å²) in [4.78, 5) is 3.67. The summed E-state index contributed by atoms with van der Waals surface area (Å²) in [5, 5.41) is 8.85. The van der Waals surface area contributed by atoms with Crippen LogP contribution in [0.2, 0.25) is 0 Å². The van der Waals surface area contributed by atoms with Crippen molar-refractivity contribution in [2.45, 2.75) is 29.8 Å². The number of nitriles is 1. The molecule has 0 saturated carbocycles. The van der Waals surface area contributed by atoms with Gasteiger partial charge in [-0.3, -0.25) is 0 Å². The molecule has 0 amide bonds. The van der Waals surface area contributed by atoms with Crippen LogP contribution >= 0.6 is 11.8 Å². The summed E-state index contributed by atoms with van der Waals surface area (Å²) in [5.41, 5.74) is -0.776.